The Morgan fingerprint density at radius 3 is 2.14 bits per heavy atom. The van der Waals surface area contributed by atoms with E-state index in [1.807, 2.05) is 45.0 Å². The minimum atomic E-state index is -1.02. The number of fused-ring (bicyclic) bond motifs is 1. The van der Waals surface area contributed by atoms with Crippen LogP contribution in [0.3, 0.4) is 0 Å². The van der Waals surface area contributed by atoms with Crippen LogP contribution >= 0.6 is 0 Å². The lowest BCUT2D eigenvalue weighted by Crippen LogP contribution is -2.46. The van der Waals surface area contributed by atoms with Crippen LogP contribution in [0.2, 0.25) is 0 Å². The molecule has 0 unspecified atom stereocenters. The van der Waals surface area contributed by atoms with Gasteiger partial charge in [0, 0.05) is 0 Å². The number of amides is 2. The molecule has 2 amide bonds. The number of hydrogen-bond donors (Lipinski definition) is 3. The van der Waals surface area contributed by atoms with E-state index in [0.29, 0.717) is 5.69 Å². The summed E-state index contributed by atoms with van der Waals surface area (Å²) in [6.45, 7) is 6.02. The van der Waals surface area contributed by atoms with Crippen molar-refractivity contribution in [2.24, 2.45) is 5.92 Å². The number of anilines is 1. The fourth-order valence-corrected chi connectivity index (χ4v) is 5.44. The molecule has 3 N–H and O–H groups in total. The first kappa shape index (κ1) is 25.4. The zero-order valence-corrected chi connectivity index (χ0v) is 21.2. The molecule has 6 nitrogen and oxygen atoms in total. The largest absolute Gasteiger partial charge is 0.480 e. The summed E-state index contributed by atoms with van der Waals surface area (Å²) in [4.78, 5) is 38.6. The van der Waals surface area contributed by atoms with Crippen molar-refractivity contribution in [3.63, 3.8) is 0 Å². The summed E-state index contributed by atoms with van der Waals surface area (Å²) in [5.41, 5.74) is 4.86. The Morgan fingerprint density at radius 2 is 1.53 bits per heavy atom. The van der Waals surface area contributed by atoms with Crippen LogP contribution in [0.5, 0.6) is 0 Å². The molecule has 3 aromatic carbocycles. The number of aliphatic carboxylic acids is 1. The molecule has 1 aliphatic rings. The van der Waals surface area contributed by atoms with Gasteiger partial charge in [-0.05, 0) is 79.1 Å². The molecule has 0 aliphatic heterocycles. The summed E-state index contributed by atoms with van der Waals surface area (Å²) in [6.07, 6.45) is 4.80. The lowest BCUT2D eigenvalue weighted by atomic mass is 9.83. The third-order valence-corrected chi connectivity index (χ3v) is 7.26. The minimum Gasteiger partial charge on any atom is -0.480 e. The normalized spacial score (nSPS) is 14.9. The van der Waals surface area contributed by atoms with Gasteiger partial charge in [0.2, 0.25) is 5.91 Å². The van der Waals surface area contributed by atoms with Gasteiger partial charge < -0.3 is 15.7 Å². The number of nitrogens with one attached hydrogen (secondary N) is 2. The van der Waals surface area contributed by atoms with Gasteiger partial charge in [0.25, 0.3) is 5.91 Å². The van der Waals surface area contributed by atoms with Crippen LogP contribution in [-0.4, -0.2) is 28.9 Å². The highest BCUT2D eigenvalue weighted by atomic mass is 16.4. The molecular weight excluding hydrogens is 452 g/mol. The molecule has 1 aliphatic carbocycles. The standard InChI is InChI=1S/C30H34N2O4/c1-18-13-19(2)24(20(3)14-18)17-27(33)31-26-16-23-12-8-7-11-22(23)15-25(26)29(34)32-28(30(35)36)21-9-5-4-6-10-21/h7-8,11-16,21,28H,4-6,9-10,17H2,1-3H3,(H,31,33)(H,32,34)(H,35,36)/t28-/m0/s1. The van der Waals surface area contributed by atoms with Crippen LogP contribution < -0.4 is 10.6 Å². The number of carbonyl (C=O) groups is 3. The van der Waals surface area contributed by atoms with Crippen LogP contribution in [0.1, 0.15) is 64.7 Å². The summed E-state index contributed by atoms with van der Waals surface area (Å²) in [5.74, 6) is -1.83. The van der Waals surface area contributed by atoms with Gasteiger partial charge in [-0.15, -0.1) is 0 Å². The minimum absolute atomic E-state index is 0.0915. The van der Waals surface area contributed by atoms with Gasteiger partial charge in [-0.2, -0.15) is 0 Å². The zero-order chi connectivity index (χ0) is 25.8. The summed E-state index contributed by atoms with van der Waals surface area (Å²) >= 11 is 0. The van der Waals surface area contributed by atoms with Crippen LogP contribution in [0.15, 0.2) is 48.5 Å². The Bertz CT molecular complexity index is 1280. The van der Waals surface area contributed by atoms with E-state index >= 15 is 0 Å². The molecule has 6 heteroatoms. The lowest BCUT2D eigenvalue weighted by molar-refractivity contribution is -0.141. The predicted molar refractivity (Wildman–Crippen MR) is 142 cm³/mol. The van der Waals surface area contributed by atoms with Crippen LogP contribution in [0.25, 0.3) is 10.8 Å². The van der Waals surface area contributed by atoms with E-state index in [9.17, 15) is 19.5 Å². The van der Waals surface area contributed by atoms with Crippen molar-refractivity contribution in [3.05, 3.63) is 76.3 Å². The third-order valence-electron chi connectivity index (χ3n) is 7.26. The maximum absolute atomic E-state index is 13.4. The molecule has 36 heavy (non-hydrogen) atoms. The fourth-order valence-electron chi connectivity index (χ4n) is 5.44. The number of rotatable bonds is 7. The quantitative estimate of drug-likeness (QED) is 0.399. The van der Waals surface area contributed by atoms with Gasteiger partial charge in [0.05, 0.1) is 17.7 Å². The fraction of sp³-hybridized carbons (Fsp3) is 0.367. The molecule has 188 valence electrons. The molecule has 4 rings (SSSR count). The number of hydrogen-bond acceptors (Lipinski definition) is 3. The van der Waals surface area contributed by atoms with E-state index in [0.717, 1.165) is 65.1 Å². The number of benzene rings is 3. The second-order valence-corrected chi connectivity index (χ2v) is 10.0. The number of carbonyl (C=O) groups excluding carboxylic acids is 2. The van der Waals surface area contributed by atoms with Gasteiger partial charge in [-0.3, -0.25) is 9.59 Å². The highest BCUT2D eigenvalue weighted by Gasteiger charge is 2.31. The second kappa shape index (κ2) is 10.9. The van der Waals surface area contributed by atoms with Gasteiger partial charge in [-0.25, -0.2) is 4.79 Å². The number of carboxylic acid groups (broad SMARTS) is 1. The van der Waals surface area contributed by atoms with Crippen molar-refractivity contribution in [3.8, 4) is 0 Å². The van der Waals surface area contributed by atoms with Crippen LogP contribution in [-0.2, 0) is 16.0 Å². The Labute approximate surface area is 212 Å². The van der Waals surface area contributed by atoms with Gasteiger partial charge in [-0.1, -0.05) is 61.2 Å². The topological polar surface area (TPSA) is 95.5 Å². The first-order chi connectivity index (χ1) is 17.2. The number of carboxylic acids is 1. The average Bonchev–Trinajstić information content (AvgIpc) is 2.84. The van der Waals surface area contributed by atoms with Crippen molar-refractivity contribution < 1.29 is 19.5 Å². The van der Waals surface area contributed by atoms with Gasteiger partial charge in [0.1, 0.15) is 6.04 Å². The van der Waals surface area contributed by atoms with E-state index in [4.69, 9.17) is 0 Å². The van der Waals surface area contributed by atoms with Crippen LogP contribution in [0.4, 0.5) is 5.69 Å². The predicted octanol–water partition coefficient (Wildman–Crippen LogP) is 5.71. The van der Waals surface area contributed by atoms with Crippen molar-refractivity contribution in [2.75, 3.05) is 5.32 Å². The smallest absolute Gasteiger partial charge is 0.326 e. The lowest BCUT2D eigenvalue weighted by Gasteiger charge is -2.28. The first-order valence-corrected chi connectivity index (χ1v) is 12.7. The Hall–Kier alpha value is -3.67. The monoisotopic (exact) mass is 486 g/mol. The van der Waals surface area contributed by atoms with Gasteiger partial charge >= 0.3 is 5.97 Å². The van der Waals surface area contributed by atoms with Gasteiger partial charge in [0.15, 0.2) is 0 Å². The average molecular weight is 487 g/mol. The molecule has 1 atom stereocenters. The Morgan fingerprint density at radius 1 is 0.917 bits per heavy atom. The van der Waals surface area contributed by atoms with E-state index in [1.165, 1.54) is 0 Å². The Balaban J connectivity index is 1.63. The van der Waals surface area contributed by atoms with Crippen molar-refractivity contribution in [1.29, 1.82) is 0 Å². The molecule has 1 saturated carbocycles. The maximum atomic E-state index is 13.4. The summed E-state index contributed by atoms with van der Waals surface area (Å²) in [5, 5.41) is 17.3. The van der Waals surface area contributed by atoms with E-state index in [1.54, 1.807) is 12.1 Å². The molecule has 1 fully saturated rings. The highest BCUT2D eigenvalue weighted by Crippen LogP contribution is 2.29. The Kier molecular flexibility index (Phi) is 7.73. The summed E-state index contributed by atoms with van der Waals surface area (Å²) in [7, 11) is 0. The molecule has 0 aromatic heterocycles. The molecule has 0 saturated heterocycles. The molecule has 0 heterocycles. The number of aryl methyl sites for hydroxylation is 3. The molecule has 0 spiro atoms. The molecule has 0 radical (unpaired) electrons. The molecular formula is C30H34N2O4. The van der Waals surface area contributed by atoms with Crippen LogP contribution in [0, 0.1) is 26.7 Å². The van der Waals surface area contributed by atoms with Crippen molar-refractivity contribution in [1.82, 2.24) is 5.32 Å². The first-order valence-electron chi connectivity index (χ1n) is 12.7. The molecule has 0 bridgehead atoms. The van der Waals surface area contributed by atoms with Crippen molar-refractivity contribution in [2.45, 2.75) is 65.3 Å². The van der Waals surface area contributed by atoms with E-state index < -0.39 is 17.9 Å². The van der Waals surface area contributed by atoms with E-state index in [2.05, 4.69) is 22.8 Å². The van der Waals surface area contributed by atoms with Crippen molar-refractivity contribution >= 4 is 34.2 Å². The SMILES string of the molecule is Cc1cc(C)c(CC(=O)Nc2cc3ccccc3cc2C(=O)N[C@H](C(=O)O)C2CCCCC2)c(C)c1. The van der Waals surface area contributed by atoms with E-state index in [-0.39, 0.29) is 23.8 Å². The zero-order valence-electron chi connectivity index (χ0n) is 21.2. The summed E-state index contributed by atoms with van der Waals surface area (Å²) < 4.78 is 0. The highest BCUT2D eigenvalue weighted by molar-refractivity contribution is 6.08. The molecule has 3 aromatic rings. The maximum Gasteiger partial charge on any atom is 0.326 e. The summed E-state index contributed by atoms with van der Waals surface area (Å²) in [6, 6.07) is 14.3. The second-order valence-electron chi connectivity index (χ2n) is 10.0. The third kappa shape index (κ3) is 5.76.